The van der Waals surface area contributed by atoms with Crippen LogP contribution in [0.1, 0.15) is 162 Å². The average molecular weight is 856 g/mol. The van der Waals surface area contributed by atoms with Crippen LogP contribution in [0.4, 0.5) is 0 Å². The van der Waals surface area contributed by atoms with Crippen LogP contribution in [0.5, 0.6) is 0 Å². The molecule has 6 atom stereocenters. The third kappa shape index (κ3) is 30.5. The van der Waals surface area contributed by atoms with Crippen LogP contribution in [0.25, 0.3) is 0 Å². The molecule has 1 fully saturated rings. The number of carbonyl (C=O) groups excluding carboxylic acids is 3. The fraction of sp³-hybridized carbons (Fsp3) is 0.804. The zero-order valence-electron chi connectivity index (χ0n) is 37.4. The molecule has 1 aliphatic carbocycles. The highest BCUT2D eigenvalue weighted by Gasteiger charge is 2.39. The van der Waals surface area contributed by atoms with Crippen LogP contribution < -0.4 is 4.89 Å². The van der Waals surface area contributed by atoms with Crippen molar-refractivity contribution in [2.75, 3.05) is 47.5 Å². The molecule has 0 aliphatic heterocycles. The van der Waals surface area contributed by atoms with E-state index >= 15 is 0 Å². The molecular formula is C46H82NO11P. The summed E-state index contributed by atoms with van der Waals surface area (Å²) in [6.07, 6.45) is 29.6. The van der Waals surface area contributed by atoms with Gasteiger partial charge in [-0.2, -0.15) is 0 Å². The van der Waals surface area contributed by atoms with E-state index in [1.807, 2.05) is 33.3 Å². The highest BCUT2D eigenvalue weighted by molar-refractivity contribution is 7.45. The van der Waals surface area contributed by atoms with Crippen molar-refractivity contribution in [3.05, 3.63) is 36.5 Å². The molecule has 0 amide bonds. The summed E-state index contributed by atoms with van der Waals surface area (Å²) in [7, 11) is 0.996. The molecule has 342 valence electrons. The van der Waals surface area contributed by atoms with Crippen molar-refractivity contribution in [1.29, 1.82) is 0 Å². The number of Topliss-reactive ketones (excluding diaryl/α,β-unsaturated/α-hetero) is 1. The highest BCUT2D eigenvalue weighted by Crippen LogP contribution is 2.38. The summed E-state index contributed by atoms with van der Waals surface area (Å²) < 4.78 is 33.8. The van der Waals surface area contributed by atoms with Crippen molar-refractivity contribution in [2.24, 2.45) is 11.8 Å². The number of unbranched alkanes of at least 4 members (excludes halogenated alkanes) is 14. The van der Waals surface area contributed by atoms with Gasteiger partial charge in [0.25, 0.3) is 7.82 Å². The quantitative estimate of drug-likeness (QED) is 0.0201. The Morgan fingerprint density at radius 2 is 1.37 bits per heavy atom. The molecular weight excluding hydrogens is 773 g/mol. The number of ketones is 1. The number of nitrogens with zero attached hydrogens (tertiary/aromatic N) is 1. The van der Waals surface area contributed by atoms with E-state index in [9.17, 15) is 34.1 Å². The number of quaternary nitrogens is 1. The molecule has 59 heavy (non-hydrogen) atoms. The Morgan fingerprint density at radius 3 is 2.03 bits per heavy atom. The van der Waals surface area contributed by atoms with Gasteiger partial charge in [-0.3, -0.25) is 18.9 Å². The fourth-order valence-electron chi connectivity index (χ4n) is 6.81. The maximum absolute atomic E-state index is 12.8. The van der Waals surface area contributed by atoms with Gasteiger partial charge in [-0.05, 0) is 57.8 Å². The van der Waals surface area contributed by atoms with Crippen molar-refractivity contribution in [1.82, 2.24) is 0 Å². The number of phosphoric ester groups is 1. The van der Waals surface area contributed by atoms with Gasteiger partial charge in [0.05, 0.1) is 40.0 Å². The minimum atomic E-state index is -4.70. The molecule has 2 N–H and O–H groups in total. The van der Waals surface area contributed by atoms with Gasteiger partial charge in [-0.1, -0.05) is 121 Å². The summed E-state index contributed by atoms with van der Waals surface area (Å²) in [6, 6.07) is 0. The summed E-state index contributed by atoms with van der Waals surface area (Å²) in [5.74, 6) is -1.78. The van der Waals surface area contributed by atoms with Crippen LogP contribution in [0.2, 0.25) is 0 Å². The normalized spacial score (nSPS) is 19.5. The molecule has 12 nitrogen and oxygen atoms in total. The van der Waals surface area contributed by atoms with E-state index < -0.39 is 44.7 Å². The van der Waals surface area contributed by atoms with Crippen molar-refractivity contribution in [3.8, 4) is 0 Å². The second-order valence-electron chi connectivity index (χ2n) is 17.2. The lowest BCUT2D eigenvalue weighted by Gasteiger charge is -2.28. The molecule has 0 aromatic heterocycles. The molecule has 1 rings (SSSR count). The fourth-order valence-corrected chi connectivity index (χ4v) is 7.53. The topological polar surface area (TPSA) is 169 Å². The molecule has 1 saturated carbocycles. The number of aliphatic hydroxyl groups excluding tert-OH is 2. The van der Waals surface area contributed by atoms with Crippen LogP contribution in [0.3, 0.4) is 0 Å². The summed E-state index contributed by atoms with van der Waals surface area (Å²) in [5, 5.41) is 20.7. The van der Waals surface area contributed by atoms with E-state index in [1.165, 1.54) is 51.4 Å². The van der Waals surface area contributed by atoms with E-state index in [-0.39, 0.29) is 50.1 Å². The number of allylic oxidation sites excluding steroid dienone is 4. The number of esters is 2. The van der Waals surface area contributed by atoms with Gasteiger partial charge in [0, 0.05) is 31.1 Å². The van der Waals surface area contributed by atoms with Crippen LogP contribution in [0.15, 0.2) is 36.5 Å². The SMILES string of the molecule is CCCCCC/C=C\CCCCCCCCCC(=O)OC[C@H](COP(=O)([O-])OCC[N+](C)(C)C)OC(=O)CCC/C=C\C[C@H]1C(=O)C[C@@H](O)[C@@H]1/C=C/[C@@H](O)CCCCC. The Bertz CT molecular complexity index is 1260. The molecule has 0 heterocycles. The molecule has 0 spiro atoms. The summed E-state index contributed by atoms with van der Waals surface area (Å²) in [4.78, 5) is 50.3. The number of ether oxygens (including phenoxy) is 2. The lowest BCUT2D eigenvalue weighted by atomic mass is 9.90. The Morgan fingerprint density at radius 1 is 0.797 bits per heavy atom. The van der Waals surface area contributed by atoms with E-state index in [0.717, 1.165) is 44.9 Å². The van der Waals surface area contributed by atoms with Crippen molar-refractivity contribution in [2.45, 2.75) is 180 Å². The minimum absolute atomic E-state index is 0.00998. The molecule has 0 aromatic carbocycles. The van der Waals surface area contributed by atoms with Gasteiger partial charge in [-0.25, -0.2) is 0 Å². The number of aliphatic hydroxyl groups is 2. The Balaban J connectivity index is 2.51. The zero-order valence-corrected chi connectivity index (χ0v) is 38.3. The van der Waals surface area contributed by atoms with Gasteiger partial charge in [0.15, 0.2) is 6.10 Å². The van der Waals surface area contributed by atoms with E-state index in [1.54, 1.807) is 12.2 Å². The summed E-state index contributed by atoms with van der Waals surface area (Å²) in [5.41, 5.74) is 0. The van der Waals surface area contributed by atoms with Gasteiger partial charge in [0.1, 0.15) is 25.5 Å². The van der Waals surface area contributed by atoms with Crippen LogP contribution >= 0.6 is 7.82 Å². The van der Waals surface area contributed by atoms with E-state index in [2.05, 4.69) is 26.0 Å². The monoisotopic (exact) mass is 856 g/mol. The van der Waals surface area contributed by atoms with Crippen molar-refractivity contribution in [3.63, 3.8) is 0 Å². The first-order valence-corrected chi connectivity index (χ1v) is 24.3. The number of phosphoric acid groups is 1. The number of hydrogen-bond donors (Lipinski definition) is 2. The Labute approximate surface area is 357 Å². The predicted molar refractivity (Wildman–Crippen MR) is 232 cm³/mol. The second kappa shape index (κ2) is 33.4. The maximum Gasteiger partial charge on any atom is 0.306 e. The summed E-state index contributed by atoms with van der Waals surface area (Å²) in [6.45, 7) is 3.78. The molecule has 0 bridgehead atoms. The first kappa shape index (κ1) is 54.8. The molecule has 0 saturated heterocycles. The second-order valence-corrected chi connectivity index (χ2v) is 18.6. The third-order valence-corrected chi connectivity index (χ3v) is 11.5. The number of hydrogen-bond acceptors (Lipinski definition) is 11. The van der Waals surface area contributed by atoms with Crippen LogP contribution in [0, 0.1) is 11.8 Å². The Kier molecular flexibility index (Phi) is 31.1. The van der Waals surface area contributed by atoms with E-state index in [4.69, 9.17) is 18.5 Å². The third-order valence-electron chi connectivity index (χ3n) is 10.5. The minimum Gasteiger partial charge on any atom is -0.756 e. The van der Waals surface area contributed by atoms with Gasteiger partial charge in [-0.15, -0.1) is 0 Å². The summed E-state index contributed by atoms with van der Waals surface area (Å²) >= 11 is 0. The largest absolute Gasteiger partial charge is 0.756 e. The van der Waals surface area contributed by atoms with Crippen molar-refractivity contribution >= 4 is 25.5 Å². The molecule has 1 aliphatic rings. The first-order valence-electron chi connectivity index (χ1n) is 22.8. The predicted octanol–water partition coefficient (Wildman–Crippen LogP) is 8.87. The van der Waals surface area contributed by atoms with Crippen LogP contribution in [-0.4, -0.2) is 98.2 Å². The maximum atomic E-state index is 12.8. The lowest BCUT2D eigenvalue weighted by Crippen LogP contribution is -2.37. The average Bonchev–Trinajstić information content (AvgIpc) is 3.44. The Hall–Kier alpha value is -2.18. The molecule has 1 unspecified atom stereocenters. The van der Waals surface area contributed by atoms with Crippen LogP contribution in [-0.2, 0) is 37.5 Å². The lowest BCUT2D eigenvalue weighted by molar-refractivity contribution is -0.870. The number of carbonyl (C=O) groups is 3. The van der Waals surface area contributed by atoms with Gasteiger partial charge in [0.2, 0.25) is 0 Å². The molecule has 0 aromatic rings. The first-order chi connectivity index (χ1) is 28.2. The molecule has 0 radical (unpaired) electrons. The van der Waals surface area contributed by atoms with Crippen molar-refractivity contribution < 1.29 is 57.1 Å². The zero-order chi connectivity index (χ0) is 43.8. The van der Waals surface area contributed by atoms with E-state index in [0.29, 0.717) is 43.1 Å². The smallest absolute Gasteiger partial charge is 0.306 e. The number of rotatable bonds is 37. The van der Waals surface area contributed by atoms with Gasteiger partial charge < -0.3 is 38.1 Å². The van der Waals surface area contributed by atoms with Gasteiger partial charge >= 0.3 is 11.9 Å². The standard InChI is InChI=1S/C46H82NO11P/c1-6-8-10-11-12-13-14-15-16-17-18-19-20-21-26-30-45(51)55-37-40(38-57-59(53,54)56-35-34-47(3,4)5)58-46(52)31-27-23-22-25-29-41-42(44(50)36-43(41)49)33-32-39(48)28-24-9-7-2/h13-14,22,25,32-33,39-42,44,48,50H,6-12,15-21,23-24,26-31,34-38H2,1-5H3/b14-13-,25-22-,33-32+/t39-,40+,41+,42+,44+/m0/s1. The highest BCUT2D eigenvalue weighted by atomic mass is 31.2. The number of likely N-dealkylation sites (N-methyl/N-ethyl adjacent to an activating group) is 1. The molecule has 13 heteroatoms.